The zero-order valence-corrected chi connectivity index (χ0v) is 14.7. The second-order valence-corrected chi connectivity index (χ2v) is 5.69. The normalized spacial score (nSPS) is 14.9. The summed E-state index contributed by atoms with van der Waals surface area (Å²) in [5.74, 6) is -0.470. The van der Waals surface area contributed by atoms with Crippen LogP contribution in [0.5, 0.6) is 11.5 Å². The molecule has 1 aliphatic rings. The van der Waals surface area contributed by atoms with Crippen molar-refractivity contribution in [3.63, 3.8) is 0 Å². The fourth-order valence-electron chi connectivity index (χ4n) is 2.72. The van der Waals surface area contributed by atoms with Crippen LogP contribution in [-0.2, 0) is 9.53 Å². The highest BCUT2D eigenvalue weighted by atomic mass is 19.3. The summed E-state index contributed by atoms with van der Waals surface area (Å²) < 4.78 is 39.3. The molecule has 0 unspecified atom stereocenters. The highest BCUT2D eigenvalue weighted by molar-refractivity contribution is 5.90. The van der Waals surface area contributed by atoms with Crippen LogP contribution in [-0.4, -0.2) is 50.3 Å². The Kier molecular flexibility index (Phi) is 6.99. The van der Waals surface area contributed by atoms with Crippen LogP contribution in [0.1, 0.15) is 19.8 Å². The SMILES string of the molecule is CCOC(=O)C1CCN(C(=O)Nc2ccc(OC)c(OC(F)F)c2)CC1. The van der Waals surface area contributed by atoms with E-state index < -0.39 is 6.61 Å². The molecule has 1 fully saturated rings. The van der Waals surface area contributed by atoms with E-state index in [1.807, 2.05) is 0 Å². The molecule has 0 bridgehead atoms. The summed E-state index contributed by atoms with van der Waals surface area (Å²) in [5.41, 5.74) is 0.305. The molecule has 7 nitrogen and oxygen atoms in total. The number of alkyl halides is 2. The highest BCUT2D eigenvalue weighted by Gasteiger charge is 2.28. The van der Waals surface area contributed by atoms with E-state index in [0.717, 1.165) is 0 Å². The first kappa shape index (κ1) is 19.7. The quantitative estimate of drug-likeness (QED) is 0.777. The van der Waals surface area contributed by atoms with Crippen molar-refractivity contribution in [2.24, 2.45) is 5.92 Å². The van der Waals surface area contributed by atoms with Crippen molar-refractivity contribution in [2.45, 2.75) is 26.4 Å². The number of ether oxygens (including phenoxy) is 3. The number of nitrogens with zero attached hydrogens (tertiary/aromatic N) is 1. The topological polar surface area (TPSA) is 77.1 Å². The van der Waals surface area contributed by atoms with Gasteiger partial charge in [0.1, 0.15) is 0 Å². The molecule has 1 aliphatic heterocycles. The maximum atomic E-state index is 12.5. The minimum atomic E-state index is -3.00. The van der Waals surface area contributed by atoms with E-state index in [1.54, 1.807) is 11.8 Å². The van der Waals surface area contributed by atoms with Crippen LogP contribution in [0.2, 0.25) is 0 Å². The Bertz CT molecular complexity index is 634. The van der Waals surface area contributed by atoms with Crippen molar-refractivity contribution in [1.82, 2.24) is 4.90 Å². The number of rotatable bonds is 6. The molecule has 0 radical (unpaired) electrons. The van der Waals surface area contributed by atoms with Crippen molar-refractivity contribution in [3.8, 4) is 11.5 Å². The molecule has 2 amide bonds. The summed E-state index contributed by atoms with van der Waals surface area (Å²) in [6.07, 6.45) is 1.04. The van der Waals surface area contributed by atoms with Crippen LogP contribution in [0.3, 0.4) is 0 Å². The molecule has 1 saturated heterocycles. The molecular formula is C17H22F2N2O5. The van der Waals surface area contributed by atoms with E-state index in [9.17, 15) is 18.4 Å². The fourth-order valence-corrected chi connectivity index (χ4v) is 2.72. The summed E-state index contributed by atoms with van der Waals surface area (Å²) >= 11 is 0. The van der Waals surface area contributed by atoms with Crippen LogP contribution in [0.25, 0.3) is 0 Å². The smallest absolute Gasteiger partial charge is 0.387 e. The summed E-state index contributed by atoms with van der Waals surface area (Å²) in [7, 11) is 1.33. The van der Waals surface area contributed by atoms with Gasteiger partial charge >= 0.3 is 18.6 Å². The molecular weight excluding hydrogens is 350 g/mol. The zero-order chi connectivity index (χ0) is 19.1. The molecule has 0 spiro atoms. The third-order valence-corrected chi connectivity index (χ3v) is 4.03. The van der Waals surface area contributed by atoms with Gasteiger partial charge in [0.15, 0.2) is 11.5 Å². The van der Waals surface area contributed by atoms with Gasteiger partial charge in [-0.1, -0.05) is 0 Å². The predicted octanol–water partition coefficient (Wildman–Crippen LogP) is 3.10. The van der Waals surface area contributed by atoms with Gasteiger partial charge in [-0.25, -0.2) is 4.79 Å². The molecule has 26 heavy (non-hydrogen) atoms. The number of hydrogen-bond acceptors (Lipinski definition) is 5. The molecule has 0 atom stereocenters. The van der Waals surface area contributed by atoms with E-state index in [1.165, 1.54) is 25.3 Å². The lowest BCUT2D eigenvalue weighted by Crippen LogP contribution is -2.42. The van der Waals surface area contributed by atoms with E-state index >= 15 is 0 Å². The molecule has 1 N–H and O–H groups in total. The zero-order valence-electron chi connectivity index (χ0n) is 14.7. The largest absolute Gasteiger partial charge is 0.493 e. The van der Waals surface area contributed by atoms with Gasteiger partial charge in [0, 0.05) is 24.8 Å². The Morgan fingerprint density at radius 3 is 2.54 bits per heavy atom. The molecule has 0 saturated carbocycles. The van der Waals surface area contributed by atoms with E-state index in [4.69, 9.17) is 9.47 Å². The van der Waals surface area contributed by atoms with Crippen molar-refractivity contribution in [3.05, 3.63) is 18.2 Å². The number of carbonyl (C=O) groups excluding carboxylic acids is 2. The van der Waals surface area contributed by atoms with E-state index in [2.05, 4.69) is 10.1 Å². The fraction of sp³-hybridized carbons (Fsp3) is 0.529. The Hall–Kier alpha value is -2.58. The highest BCUT2D eigenvalue weighted by Crippen LogP contribution is 2.31. The van der Waals surface area contributed by atoms with Gasteiger partial charge in [-0.15, -0.1) is 0 Å². The minimum Gasteiger partial charge on any atom is -0.493 e. The maximum absolute atomic E-state index is 12.5. The Morgan fingerprint density at radius 1 is 1.27 bits per heavy atom. The van der Waals surface area contributed by atoms with Gasteiger partial charge in [-0.3, -0.25) is 4.79 Å². The summed E-state index contributed by atoms with van der Waals surface area (Å²) in [6, 6.07) is 3.86. The molecule has 9 heteroatoms. The average molecular weight is 372 g/mol. The van der Waals surface area contributed by atoms with Crippen LogP contribution in [0.4, 0.5) is 19.3 Å². The number of urea groups is 1. The number of carbonyl (C=O) groups is 2. The Morgan fingerprint density at radius 2 is 1.96 bits per heavy atom. The van der Waals surface area contributed by atoms with Crippen molar-refractivity contribution in [1.29, 1.82) is 0 Å². The number of halogens is 2. The monoisotopic (exact) mass is 372 g/mol. The number of methoxy groups -OCH3 is 1. The lowest BCUT2D eigenvalue weighted by molar-refractivity contribution is -0.149. The predicted molar refractivity (Wildman–Crippen MR) is 89.6 cm³/mol. The Labute approximate surface area is 150 Å². The molecule has 0 aliphatic carbocycles. The molecule has 1 heterocycles. The number of amides is 2. The van der Waals surface area contributed by atoms with Gasteiger partial charge in [-0.05, 0) is 31.9 Å². The number of piperidine rings is 1. The summed E-state index contributed by atoms with van der Waals surface area (Å²) in [5, 5.41) is 2.64. The first-order chi connectivity index (χ1) is 12.4. The number of esters is 1. The van der Waals surface area contributed by atoms with Crippen LogP contribution >= 0.6 is 0 Å². The van der Waals surface area contributed by atoms with Gasteiger partial charge < -0.3 is 24.4 Å². The van der Waals surface area contributed by atoms with Gasteiger partial charge in [-0.2, -0.15) is 8.78 Å². The van der Waals surface area contributed by atoms with E-state index in [0.29, 0.717) is 38.2 Å². The second-order valence-electron chi connectivity index (χ2n) is 5.69. The third-order valence-electron chi connectivity index (χ3n) is 4.03. The van der Waals surface area contributed by atoms with Gasteiger partial charge in [0.05, 0.1) is 19.6 Å². The van der Waals surface area contributed by atoms with Crippen LogP contribution < -0.4 is 14.8 Å². The third kappa shape index (κ3) is 5.21. The van der Waals surface area contributed by atoms with Crippen LogP contribution in [0, 0.1) is 5.92 Å². The number of anilines is 1. The van der Waals surface area contributed by atoms with Crippen molar-refractivity contribution >= 4 is 17.7 Å². The molecule has 144 valence electrons. The van der Waals surface area contributed by atoms with Crippen LogP contribution in [0.15, 0.2) is 18.2 Å². The Balaban J connectivity index is 1.95. The first-order valence-corrected chi connectivity index (χ1v) is 8.30. The number of benzene rings is 1. The molecule has 2 rings (SSSR count). The number of hydrogen-bond donors (Lipinski definition) is 1. The summed E-state index contributed by atoms with van der Waals surface area (Å²) in [6.45, 7) is -0.101. The van der Waals surface area contributed by atoms with Gasteiger partial charge in [0.2, 0.25) is 0 Å². The number of nitrogens with one attached hydrogen (secondary N) is 1. The standard InChI is InChI=1S/C17H22F2N2O5/c1-3-25-15(22)11-6-8-21(9-7-11)17(23)20-12-4-5-13(24-2)14(10-12)26-16(18)19/h4-5,10-11,16H,3,6-9H2,1-2H3,(H,20,23). The average Bonchev–Trinajstić information content (AvgIpc) is 2.62. The lowest BCUT2D eigenvalue weighted by Gasteiger charge is -2.30. The van der Waals surface area contributed by atoms with Crippen molar-refractivity contribution < 1.29 is 32.6 Å². The maximum Gasteiger partial charge on any atom is 0.387 e. The second kappa shape index (κ2) is 9.21. The minimum absolute atomic E-state index is 0.138. The molecule has 1 aromatic rings. The molecule has 1 aromatic carbocycles. The lowest BCUT2D eigenvalue weighted by atomic mass is 9.97. The first-order valence-electron chi connectivity index (χ1n) is 8.30. The molecule has 0 aromatic heterocycles. The number of likely N-dealkylation sites (tertiary alicyclic amines) is 1. The summed E-state index contributed by atoms with van der Waals surface area (Å²) in [4.78, 5) is 25.6. The van der Waals surface area contributed by atoms with Gasteiger partial charge in [0.25, 0.3) is 0 Å². The van der Waals surface area contributed by atoms with Crippen molar-refractivity contribution in [2.75, 3.05) is 32.1 Å². The van der Waals surface area contributed by atoms with E-state index in [-0.39, 0.29) is 29.4 Å².